The van der Waals surface area contributed by atoms with Crippen LogP contribution in [0.5, 0.6) is 11.5 Å². The molecule has 0 radical (unpaired) electrons. The van der Waals surface area contributed by atoms with E-state index in [2.05, 4.69) is 5.32 Å². The van der Waals surface area contributed by atoms with Crippen LogP contribution in [0.15, 0.2) is 12.1 Å². The molecule has 0 atom stereocenters. The van der Waals surface area contributed by atoms with Gasteiger partial charge in [0.05, 0.1) is 24.3 Å². The lowest BCUT2D eigenvalue weighted by molar-refractivity contribution is 0.0946. The Kier molecular flexibility index (Phi) is 13.3. The maximum absolute atomic E-state index is 12.8. The third kappa shape index (κ3) is 10.5. The first-order chi connectivity index (χ1) is 14.9. The van der Waals surface area contributed by atoms with Crippen molar-refractivity contribution in [1.29, 1.82) is 0 Å². The Morgan fingerprint density at radius 2 is 1.42 bits per heavy atom. The second-order valence-electron chi connectivity index (χ2n) is 7.66. The van der Waals surface area contributed by atoms with E-state index in [-0.39, 0.29) is 17.0 Å². The van der Waals surface area contributed by atoms with Crippen molar-refractivity contribution in [3.63, 3.8) is 0 Å². The fourth-order valence-electron chi connectivity index (χ4n) is 2.87. The summed E-state index contributed by atoms with van der Waals surface area (Å²) in [7, 11) is 3.85. The lowest BCUT2D eigenvalue weighted by atomic mass is 10.1. The van der Waals surface area contributed by atoms with Crippen LogP contribution in [0.1, 0.15) is 59.2 Å². The molecule has 0 saturated carbocycles. The number of rotatable bonds is 17. The normalized spacial score (nSPS) is 10.9. The summed E-state index contributed by atoms with van der Waals surface area (Å²) in [6.45, 7) is 3.27. The molecule has 0 aliphatic carbocycles. The summed E-state index contributed by atoms with van der Waals surface area (Å²) in [5, 5.41) is 2.85. The van der Waals surface area contributed by atoms with Crippen molar-refractivity contribution < 1.29 is 19.1 Å². The lowest BCUT2D eigenvalue weighted by Gasteiger charge is -2.17. The summed E-state index contributed by atoms with van der Waals surface area (Å²) in [6, 6.07) is 3.05. The highest BCUT2D eigenvalue weighted by molar-refractivity contribution is 6.02. The molecule has 7 N–H and O–H groups in total. The second kappa shape index (κ2) is 15.4. The molecular formula is C22H39N5O4. The fraction of sp³-hybridized carbons (Fsp3) is 0.636. The van der Waals surface area contributed by atoms with Crippen LogP contribution >= 0.6 is 0 Å². The van der Waals surface area contributed by atoms with E-state index in [1.54, 1.807) is 6.07 Å². The molecule has 2 amide bonds. The zero-order valence-corrected chi connectivity index (χ0v) is 19.0. The highest BCUT2D eigenvalue weighted by Crippen LogP contribution is 2.30. The van der Waals surface area contributed by atoms with Crippen molar-refractivity contribution in [2.45, 2.75) is 38.5 Å². The summed E-state index contributed by atoms with van der Waals surface area (Å²) in [5.41, 5.74) is 17.0. The molecule has 0 aromatic heterocycles. The Labute approximate surface area is 185 Å². The molecule has 0 aliphatic heterocycles. The summed E-state index contributed by atoms with van der Waals surface area (Å²) < 4.78 is 11.7. The van der Waals surface area contributed by atoms with Gasteiger partial charge in [0.2, 0.25) is 0 Å². The Bertz CT molecular complexity index is 682. The standard InChI is InChI=1S/C22H39N5O4/c1-27(2)12-11-26-22(29)18-15-17(21(25)28)19(30-13-7-3-5-9-23)16-20(18)31-14-8-4-6-10-24/h15-16H,3-14,23-24H2,1-2H3,(H2,25,28)(H,26,29). The van der Waals surface area contributed by atoms with Crippen LogP contribution in [-0.2, 0) is 0 Å². The topological polar surface area (TPSA) is 146 Å². The van der Waals surface area contributed by atoms with Crippen LogP contribution in [0.3, 0.4) is 0 Å². The molecule has 0 unspecified atom stereocenters. The van der Waals surface area contributed by atoms with Gasteiger partial charge in [0.15, 0.2) is 0 Å². The van der Waals surface area contributed by atoms with Gasteiger partial charge < -0.3 is 36.9 Å². The predicted octanol–water partition coefficient (Wildman–Crippen LogP) is 1.09. The van der Waals surface area contributed by atoms with Crippen molar-refractivity contribution >= 4 is 11.8 Å². The first-order valence-electron chi connectivity index (χ1n) is 11.0. The average Bonchev–Trinajstić information content (AvgIpc) is 2.72. The fourth-order valence-corrected chi connectivity index (χ4v) is 2.87. The van der Waals surface area contributed by atoms with Crippen molar-refractivity contribution in [2.24, 2.45) is 17.2 Å². The van der Waals surface area contributed by atoms with Crippen LogP contribution in [0.2, 0.25) is 0 Å². The van der Waals surface area contributed by atoms with Gasteiger partial charge in [0.25, 0.3) is 11.8 Å². The maximum atomic E-state index is 12.8. The van der Waals surface area contributed by atoms with E-state index >= 15 is 0 Å². The molecule has 0 aliphatic rings. The van der Waals surface area contributed by atoms with Gasteiger partial charge in [0.1, 0.15) is 11.5 Å². The van der Waals surface area contributed by atoms with Crippen LogP contribution < -0.4 is 32.0 Å². The van der Waals surface area contributed by atoms with Crippen molar-refractivity contribution in [3.8, 4) is 11.5 Å². The SMILES string of the molecule is CN(C)CCNC(=O)c1cc(C(N)=O)c(OCCCCCN)cc1OCCCCCN. The molecule has 0 saturated heterocycles. The van der Waals surface area contributed by atoms with Crippen molar-refractivity contribution in [2.75, 3.05) is 53.5 Å². The number of unbranched alkanes of at least 4 members (excludes halogenated alkanes) is 4. The number of nitrogens with zero attached hydrogens (tertiary/aromatic N) is 1. The van der Waals surface area contributed by atoms with Gasteiger partial charge in [-0.2, -0.15) is 0 Å². The van der Waals surface area contributed by atoms with Crippen LogP contribution in [0.25, 0.3) is 0 Å². The number of hydrogen-bond acceptors (Lipinski definition) is 7. The summed E-state index contributed by atoms with van der Waals surface area (Å²) >= 11 is 0. The van der Waals surface area contributed by atoms with Crippen molar-refractivity contribution in [3.05, 3.63) is 23.3 Å². The monoisotopic (exact) mass is 437 g/mol. The highest BCUT2D eigenvalue weighted by atomic mass is 16.5. The van der Waals surface area contributed by atoms with Gasteiger partial charge in [0, 0.05) is 19.2 Å². The lowest BCUT2D eigenvalue weighted by Crippen LogP contribution is -2.32. The molecule has 1 rings (SSSR count). The first kappa shape index (κ1) is 26.7. The minimum absolute atomic E-state index is 0.159. The molecule has 0 bridgehead atoms. The maximum Gasteiger partial charge on any atom is 0.255 e. The highest BCUT2D eigenvalue weighted by Gasteiger charge is 2.20. The van der Waals surface area contributed by atoms with Gasteiger partial charge >= 0.3 is 0 Å². The van der Waals surface area contributed by atoms with E-state index in [1.807, 2.05) is 19.0 Å². The molecule has 1 aromatic carbocycles. The van der Waals surface area contributed by atoms with E-state index in [9.17, 15) is 9.59 Å². The third-order valence-electron chi connectivity index (χ3n) is 4.65. The number of carbonyl (C=O) groups excluding carboxylic acids is 2. The number of nitrogens with two attached hydrogens (primary N) is 3. The minimum Gasteiger partial charge on any atom is -0.493 e. The Balaban J connectivity index is 3.02. The number of likely N-dealkylation sites (N-methyl/N-ethyl adjacent to an activating group) is 1. The van der Waals surface area contributed by atoms with Gasteiger partial charge in [-0.3, -0.25) is 9.59 Å². The van der Waals surface area contributed by atoms with Gasteiger partial charge in [-0.25, -0.2) is 0 Å². The van der Waals surface area contributed by atoms with Gasteiger partial charge in [-0.15, -0.1) is 0 Å². The van der Waals surface area contributed by atoms with E-state index in [0.717, 1.165) is 38.5 Å². The summed E-state index contributed by atoms with van der Waals surface area (Å²) in [4.78, 5) is 26.7. The molecule has 31 heavy (non-hydrogen) atoms. The number of nitrogens with one attached hydrogen (secondary N) is 1. The largest absolute Gasteiger partial charge is 0.493 e. The molecule has 0 heterocycles. The molecule has 0 fully saturated rings. The van der Waals surface area contributed by atoms with Crippen LogP contribution in [0, 0.1) is 0 Å². The molecule has 1 aromatic rings. The Morgan fingerprint density at radius 3 is 1.90 bits per heavy atom. The van der Waals surface area contributed by atoms with E-state index in [1.165, 1.54) is 6.07 Å². The zero-order chi connectivity index (χ0) is 23.1. The van der Waals surface area contributed by atoms with Gasteiger partial charge in [-0.1, -0.05) is 0 Å². The number of benzene rings is 1. The predicted molar refractivity (Wildman–Crippen MR) is 123 cm³/mol. The van der Waals surface area contributed by atoms with Crippen LogP contribution in [-0.4, -0.2) is 70.2 Å². The molecular weight excluding hydrogens is 398 g/mol. The molecule has 9 heteroatoms. The molecule has 0 spiro atoms. The molecule has 176 valence electrons. The van der Waals surface area contributed by atoms with Crippen LogP contribution in [0.4, 0.5) is 0 Å². The Morgan fingerprint density at radius 1 is 0.871 bits per heavy atom. The van der Waals surface area contributed by atoms with Crippen molar-refractivity contribution in [1.82, 2.24) is 10.2 Å². The second-order valence-corrected chi connectivity index (χ2v) is 7.66. The quantitative estimate of drug-likeness (QED) is 0.267. The number of hydrogen-bond donors (Lipinski definition) is 4. The minimum atomic E-state index is -0.659. The average molecular weight is 438 g/mol. The summed E-state index contributed by atoms with van der Waals surface area (Å²) in [5.74, 6) is -0.288. The first-order valence-corrected chi connectivity index (χ1v) is 11.0. The smallest absolute Gasteiger partial charge is 0.255 e. The number of carbonyl (C=O) groups is 2. The number of ether oxygens (including phenoxy) is 2. The Hall–Kier alpha value is -2.36. The van der Waals surface area contributed by atoms with E-state index < -0.39 is 5.91 Å². The van der Waals surface area contributed by atoms with E-state index in [4.69, 9.17) is 26.7 Å². The third-order valence-corrected chi connectivity index (χ3v) is 4.65. The molecule has 9 nitrogen and oxygen atoms in total. The van der Waals surface area contributed by atoms with Gasteiger partial charge in [-0.05, 0) is 71.8 Å². The number of amides is 2. The number of primary amides is 1. The van der Waals surface area contributed by atoms with E-state index in [0.29, 0.717) is 50.9 Å². The zero-order valence-electron chi connectivity index (χ0n) is 19.0. The summed E-state index contributed by atoms with van der Waals surface area (Å²) in [6.07, 6.45) is 5.31.